The molecule has 0 saturated heterocycles. The Balaban J connectivity index is 2.10. The molecule has 20 heavy (non-hydrogen) atoms. The standard InChI is InChI=1S/C13H10N2O5/c1-19-13(16)9-2-5-11(6-3-9)20-12-7-4-10(8-14-12)15(17)18/h2-8H,1H3. The second kappa shape index (κ2) is 5.79. The molecule has 0 bridgehead atoms. The molecule has 1 aromatic carbocycles. The van der Waals surface area contributed by atoms with E-state index in [0.717, 1.165) is 6.20 Å². The molecule has 0 N–H and O–H groups in total. The van der Waals surface area contributed by atoms with Crippen LogP contribution in [0, 0.1) is 10.1 Å². The first-order valence-corrected chi connectivity index (χ1v) is 5.57. The molecule has 0 radical (unpaired) electrons. The molecule has 2 rings (SSSR count). The van der Waals surface area contributed by atoms with Crippen LogP contribution in [0.3, 0.4) is 0 Å². The van der Waals surface area contributed by atoms with Gasteiger partial charge < -0.3 is 9.47 Å². The highest BCUT2D eigenvalue weighted by Gasteiger charge is 2.08. The molecule has 7 nitrogen and oxygen atoms in total. The van der Waals surface area contributed by atoms with Crippen LogP contribution in [0.1, 0.15) is 10.4 Å². The summed E-state index contributed by atoms with van der Waals surface area (Å²) in [5.41, 5.74) is 0.287. The van der Waals surface area contributed by atoms with Gasteiger partial charge in [-0.25, -0.2) is 9.78 Å². The lowest BCUT2D eigenvalue weighted by Gasteiger charge is -2.05. The van der Waals surface area contributed by atoms with E-state index < -0.39 is 10.9 Å². The number of carbonyl (C=O) groups is 1. The number of aromatic nitrogens is 1. The van der Waals surface area contributed by atoms with Gasteiger partial charge in [0.25, 0.3) is 5.69 Å². The lowest BCUT2D eigenvalue weighted by atomic mass is 10.2. The highest BCUT2D eigenvalue weighted by atomic mass is 16.6. The van der Waals surface area contributed by atoms with Crippen LogP contribution >= 0.6 is 0 Å². The Morgan fingerprint density at radius 1 is 1.20 bits per heavy atom. The molecule has 0 fully saturated rings. The van der Waals surface area contributed by atoms with Gasteiger partial charge in [0.1, 0.15) is 11.9 Å². The quantitative estimate of drug-likeness (QED) is 0.483. The van der Waals surface area contributed by atoms with Gasteiger partial charge >= 0.3 is 5.97 Å². The fourth-order valence-electron chi connectivity index (χ4n) is 1.44. The van der Waals surface area contributed by atoms with Crippen molar-refractivity contribution in [3.05, 3.63) is 58.3 Å². The molecular formula is C13H10N2O5. The van der Waals surface area contributed by atoms with E-state index >= 15 is 0 Å². The third-order valence-electron chi connectivity index (χ3n) is 2.43. The zero-order valence-corrected chi connectivity index (χ0v) is 10.5. The number of nitro groups is 1. The molecule has 0 aliphatic carbocycles. The summed E-state index contributed by atoms with van der Waals surface area (Å²) in [6, 6.07) is 8.95. The number of carbonyl (C=O) groups excluding carboxylic acids is 1. The van der Waals surface area contributed by atoms with Crippen molar-refractivity contribution in [3.63, 3.8) is 0 Å². The SMILES string of the molecule is COC(=O)c1ccc(Oc2ccc([N+](=O)[O-])cn2)cc1. The van der Waals surface area contributed by atoms with Crippen molar-refractivity contribution in [1.82, 2.24) is 4.98 Å². The van der Waals surface area contributed by atoms with Crippen LogP contribution in [0.15, 0.2) is 42.6 Å². The maximum atomic E-state index is 11.2. The first-order valence-electron chi connectivity index (χ1n) is 5.57. The number of rotatable bonds is 4. The minimum absolute atomic E-state index is 0.113. The number of nitrogens with zero attached hydrogens (tertiary/aromatic N) is 2. The van der Waals surface area contributed by atoms with Gasteiger partial charge in [0.2, 0.25) is 5.88 Å². The number of benzene rings is 1. The Morgan fingerprint density at radius 2 is 1.90 bits per heavy atom. The third kappa shape index (κ3) is 3.08. The van der Waals surface area contributed by atoms with Crippen LogP contribution in [-0.4, -0.2) is 23.0 Å². The molecule has 1 aromatic heterocycles. The van der Waals surface area contributed by atoms with Crippen molar-refractivity contribution < 1.29 is 19.2 Å². The van der Waals surface area contributed by atoms with Crippen LogP contribution in [0.2, 0.25) is 0 Å². The monoisotopic (exact) mass is 274 g/mol. The molecule has 1 heterocycles. The largest absolute Gasteiger partial charge is 0.465 e. The van der Waals surface area contributed by atoms with Crippen molar-refractivity contribution >= 4 is 11.7 Å². The summed E-state index contributed by atoms with van der Waals surface area (Å²) in [5, 5.41) is 10.5. The third-order valence-corrected chi connectivity index (χ3v) is 2.43. The summed E-state index contributed by atoms with van der Waals surface area (Å²) < 4.78 is 9.97. The van der Waals surface area contributed by atoms with E-state index in [4.69, 9.17) is 4.74 Å². The van der Waals surface area contributed by atoms with Gasteiger partial charge in [-0.05, 0) is 24.3 Å². The smallest absolute Gasteiger partial charge is 0.337 e. The van der Waals surface area contributed by atoms with E-state index in [1.54, 1.807) is 24.3 Å². The lowest BCUT2D eigenvalue weighted by molar-refractivity contribution is -0.385. The Morgan fingerprint density at radius 3 is 2.40 bits per heavy atom. The first-order chi connectivity index (χ1) is 9.60. The number of hydrogen-bond donors (Lipinski definition) is 0. The van der Waals surface area contributed by atoms with Gasteiger partial charge in [0, 0.05) is 12.1 Å². The Labute approximate surface area is 113 Å². The summed E-state index contributed by atoms with van der Waals surface area (Å²) in [5.74, 6) is 0.241. The van der Waals surface area contributed by atoms with E-state index in [9.17, 15) is 14.9 Å². The maximum Gasteiger partial charge on any atom is 0.337 e. The van der Waals surface area contributed by atoms with E-state index in [-0.39, 0.29) is 11.6 Å². The normalized spacial score (nSPS) is 9.85. The molecule has 0 spiro atoms. The minimum Gasteiger partial charge on any atom is -0.465 e. The number of pyridine rings is 1. The molecule has 0 aliphatic rings. The molecular weight excluding hydrogens is 264 g/mol. The van der Waals surface area contributed by atoms with Gasteiger partial charge in [-0.2, -0.15) is 0 Å². The molecule has 2 aromatic rings. The van der Waals surface area contributed by atoms with Crippen molar-refractivity contribution in [2.24, 2.45) is 0 Å². The molecule has 0 aliphatic heterocycles. The van der Waals surface area contributed by atoms with Crippen LogP contribution in [0.5, 0.6) is 11.6 Å². The molecule has 0 unspecified atom stereocenters. The predicted octanol–water partition coefficient (Wildman–Crippen LogP) is 2.57. The van der Waals surface area contributed by atoms with Crippen LogP contribution in [-0.2, 0) is 4.74 Å². The number of ether oxygens (including phenoxy) is 2. The van der Waals surface area contributed by atoms with Crippen molar-refractivity contribution in [1.29, 1.82) is 0 Å². The maximum absolute atomic E-state index is 11.2. The molecule has 0 amide bonds. The van der Waals surface area contributed by atoms with Crippen molar-refractivity contribution in [3.8, 4) is 11.6 Å². The zero-order chi connectivity index (χ0) is 14.5. The van der Waals surface area contributed by atoms with Crippen molar-refractivity contribution in [2.75, 3.05) is 7.11 Å². The van der Waals surface area contributed by atoms with Crippen LogP contribution in [0.25, 0.3) is 0 Å². The molecule has 7 heteroatoms. The lowest BCUT2D eigenvalue weighted by Crippen LogP contribution is -2.00. The number of methoxy groups -OCH3 is 1. The predicted molar refractivity (Wildman–Crippen MR) is 68.7 cm³/mol. The Kier molecular flexibility index (Phi) is 3.90. The number of hydrogen-bond acceptors (Lipinski definition) is 6. The molecule has 0 saturated carbocycles. The fraction of sp³-hybridized carbons (Fsp3) is 0.0769. The summed E-state index contributed by atoms with van der Waals surface area (Å²) in [6.07, 6.45) is 1.11. The highest BCUT2D eigenvalue weighted by molar-refractivity contribution is 5.89. The van der Waals surface area contributed by atoms with Gasteiger partial charge in [-0.3, -0.25) is 10.1 Å². The second-order valence-electron chi connectivity index (χ2n) is 3.73. The molecule has 0 atom stereocenters. The topological polar surface area (TPSA) is 91.6 Å². The fourth-order valence-corrected chi connectivity index (χ4v) is 1.44. The van der Waals surface area contributed by atoms with Gasteiger partial charge in [0.15, 0.2) is 0 Å². The number of esters is 1. The van der Waals surface area contributed by atoms with Crippen LogP contribution < -0.4 is 4.74 Å². The summed E-state index contributed by atoms with van der Waals surface area (Å²) in [7, 11) is 1.30. The highest BCUT2D eigenvalue weighted by Crippen LogP contribution is 2.21. The van der Waals surface area contributed by atoms with Gasteiger partial charge in [-0.1, -0.05) is 0 Å². The summed E-state index contributed by atoms with van der Waals surface area (Å²) in [6.45, 7) is 0. The van der Waals surface area contributed by atoms with E-state index in [0.29, 0.717) is 11.3 Å². The van der Waals surface area contributed by atoms with Gasteiger partial charge in [0.05, 0.1) is 17.6 Å². The van der Waals surface area contributed by atoms with E-state index in [2.05, 4.69) is 9.72 Å². The minimum atomic E-state index is -0.540. The average molecular weight is 274 g/mol. The van der Waals surface area contributed by atoms with E-state index in [1.807, 2.05) is 0 Å². The van der Waals surface area contributed by atoms with Gasteiger partial charge in [-0.15, -0.1) is 0 Å². The van der Waals surface area contributed by atoms with Crippen molar-refractivity contribution in [2.45, 2.75) is 0 Å². The average Bonchev–Trinajstić information content (AvgIpc) is 2.48. The Hall–Kier alpha value is -2.96. The zero-order valence-electron chi connectivity index (χ0n) is 10.5. The Bertz CT molecular complexity index is 622. The first kappa shape index (κ1) is 13.5. The summed E-state index contributed by atoms with van der Waals surface area (Å²) in [4.78, 5) is 25.0. The summed E-state index contributed by atoms with van der Waals surface area (Å²) >= 11 is 0. The second-order valence-corrected chi connectivity index (χ2v) is 3.73. The molecule has 102 valence electrons. The van der Waals surface area contributed by atoms with E-state index in [1.165, 1.54) is 19.2 Å². The van der Waals surface area contributed by atoms with Crippen LogP contribution in [0.4, 0.5) is 5.69 Å².